The van der Waals surface area contributed by atoms with E-state index in [-0.39, 0.29) is 19.7 Å². The van der Waals surface area contributed by atoms with Crippen molar-refractivity contribution in [2.45, 2.75) is 6.92 Å². The van der Waals surface area contributed by atoms with Gasteiger partial charge in [0.1, 0.15) is 0 Å². The number of piperazine rings is 1. The highest BCUT2D eigenvalue weighted by molar-refractivity contribution is 5.92. The Balaban J connectivity index is 2.23. The third kappa shape index (κ3) is 6.16. The summed E-state index contributed by atoms with van der Waals surface area (Å²) in [5, 5.41) is 10.8. The van der Waals surface area contributed by atoms with Gasteiger partial charge in [-0.1, -0.05) is 0 Å². The number of carbonyl (C=O) groups excluding carboxylic acids is 2. The number of imide groups is 1. The van der Waals surface area contributed by atoms with Gasteiger partial charge in [0.15, 0.2) is 0 Å². The molecule has 1 fully saturated rings. The van der Waals surface area contributed by atoms with Crippen molar-refractivity contribution in [3.05, 3.63) is 0 Å². The summed E-state index contributed by atoms with van der Waals surface area (Å²) >= 11 is 0. The molecule has 0 aromatic rings. The Hall–Kier alpha value is -1.67. The van der Waals surface area contributed by atoms with Crippen molar-refractivity contribution >= 4 is 18.0 Å². The first-order valence-corrected chi connectivity index (χ1v) is 6.14. The number of nitrogens with zero attached hydrogens (tertiary/aromatic N) is 2. The Morgan fingerprint density at radius 3 is 2.11 bits per heavy atom. The van der Waals surface area contributed by atoms with Crippen molar-refractivity contribution in [1.29, 1.82) is 0 Å². The first kappa shape index (κ1) is 15.4. The summed E-state index contributed by atoms with van der Waals surface area (Å²) in [5.74, 6) is -1.27. The van der Waals surface area contributed by atoms with Crippen LogP contribution in [0.15, 0.2) is 0 Å². The van der Waals surface area contributed by atoms with Crippen LogP contribution in [0.5, 0.6) is 0 Å². The molecule has 1 heterocycles. The molecule has 0 aromatic carbocycles. The van der Waals surface area contributed by atoms with E-state index < -0.39 is 18.0 Å². The highest BCUT2D eigenvalue weighted by atomic mass is 16.5. The maximum absolute atomic E-state index is 11.5. The number of carboxylic acids is 1. The Bertz CT molecular complexity index is 339. The van der Waals surface area contributed by atoms with E-state index in [4.69, 9.17) is 5.11 Å². The molecule has 1 aliphatic rings. The second kappa shape index (κ2) is 7.70. The fraction of sp³-hybridized carbons (Fsp3) is 0.727. The van der Waals surface area contributed by atoms with E-state index >= 15 is 0 Å². The molecule has 8 heteroatoms. The van der Waals surface area contributed by atoms with E-state index in [1.54, 1.807) is 6.92 Å². The zero-order valence-corrected chi connectivity index (χ0v) is 10.9. The highest BCUT2D eigenvalue weighted by Gasteiger charge is 2.21. The molecule has 1 saturated heterocycles. The largest absolute Gasteiger partial charge is 0.480 e. The number of carboxylic acid groups (broad SMARTS) is 1. The van der Waals surface area contributed by atoms with E-state index in [9.17, 15) is 14.4 Å². The summed E-state index contributed by atoms with van der Waals surface area (Å²) in [6.45, 7) is 4.40. The predicted molar refractivity (Wildman–Crippen MR) is 65.7 cm³/mol. The van der Waals surface area contributed by atoms with Crippen LogP contribution in [0.25, 0.3) is 0 Å². The van der Waals surface area contributed by atoms with Gasteiger partial charge in [-0.05, 0) is 6.92 Å². The molecule has 1 rings (SSSR count). The van der Waals surface area contributed by atoms with Crippen LogP contribution in [-0.4, -0.2) is 78.8 Å². The minimum atomic E-state index is -0.853. The molecule has 0 saturated carbocycles. The summed E-state index contributed by atoms with van der Waals surface area (Å²) in [6, 6.07) is 0. The van der Waals surface area contributed by atoms with Crippen molar-refractivity contribution in [3.63, 3.8) is 0 Å². The summed E-state index contributed by atoms with van der Waals surface area (Å²) < 4.78 is 4.60. The molecule has 8 nitrogen and oxygen atoms in total. The fourth-order valence-electron chi connectivity index (χ4n) is 1.82. The van der Waals surface area contributed by atoms with Gasteiger partial charge in [-0.15, -0.1) is 0 Å². The maximum Gasteiger partial charge on any atom is 0.413 e. The topological polar surface area (TPSA) is 99.2 Å². The summed E-state index contributed by atoms with van der Waals surface area (Å²) in [6.07, 6.45) is -0.739. The van der Waals surface area contributed by atoms with Crippen molar-refractivity contribution in [3.8, 4) is 0 Å². The van der Waals surface area contributed by atoms with Crippen LogP contribution in [-0.2, 0) is 14.3 Å². The van der Waals surface area contributed by atoms with Gasteiger partial charge in [0.2, 0.25) is 5.91 Å². The molecule has 0 spiro atoms. The second-order valence-electron chi connectivity index (χ2n) is 4.21. The average molecular weight is 273 g/mol. The van der Waals surface area contributed by atoms with Crippen molar-refractivity contribution in [2.75, 3.05) is 45.9 Å². The summed E-state index contributed by atoms with van der Waals surface area (Å²) in [7, 11) is 0. The van der Waals surface area contributed by atoms with Gasteiger partial charge in [0, 0.05) is 26.2 Å². The molecular formula is C11H19N3O5. The standard InChI is InChI=1S/C11H19N3O5/c1-2-19-11(18)12-9(15)7-13-3-5-14(6-4-13)8-10(16)17/h2-8H2,1H3,(H,16,17)(H,12,15,18). The Kier molecular flexibility index (Phi) is 6.23. The minimum Gasteiger partial charge on any atom is -0.480 e. The monoisotopic (exact) mass is 273 g/mol. The zero-order chi connectivity index (χ0) is 14.3. The number of ether oxygens (including phenoxy) is 1. The molecule has 1 aliphatic heterocycles. The number of nitrogens with one attached hydrogen (secondary N) is 1. The lowest BCUT2D eigenvalue weighted by Gasteiger charge is -2.33. The Morgan fingerprint density at radius 1 is 1.11 bits per heavy atom. The number of rotatable bonds is 5. The summed E-state index contributed by atoms with van der Waals surface area (Å²) in [5.41, 5.74) is 0. The normalized spacial score (nSPS) is 16.9. The number of aliphatic carboxylic acids is 1. The quantitative estimate of drug-likeness (QED) is 0.660. The van der Waals surface area contributed by atoms with Crippen molar-refractivity contribution < 1.29 is 24.2 Å². The van der Waals surface area contributed by atoms with Crippen LogP contribution in [0.4, 0.5) is 4.79 Å². The van der Waals surface area contributed by atoms with Crippen molar-refractivity contribution in [2.24, 2.45) is 0 Å². The van der Waals surface area contributed by atoms with Gasteiger partial charge in [-0.2, -0.15) is 0 Å². The lowest BCUT2D eigenvalue weighted by atomic mass is 10.3. The molecule has 0 bridgehead atoms. The van der Waals surface area contributed by atoms with Gasteiger partial charge in [-0.3, -0.25) is 24.7 Å². The predicted octanol–water partition coefficient (Wildman–Crippen LogP) is -1.04. The lowest BCUT2D eigenvalue weighted by Crippen LogP contribution is -2.51. The molecule has 0 unspecified atom stereocenters. The number of amides is 2. The molecule has 2 N–H and O–H groups in total. The smallest absolute Gasteiger partial charge is 0.413 e. The number of carbonyl (C=O) groups is 3. The van der Waals surface area contributed by atoms with Gasteiger partial charge in [-0.25, -0.2) is 4.79 Å². The first-order valence-electron chi connectivity index (χ1n) is 6.14. The van der Waals surface area contributed by atoms with E-state index in [0.29, 0.717) is 26.2 Å². The molecule has 0 atom stereocenters. The van der Waals surface area contributed by atoms with Crippen LogP contribution in [0, 0.1) is 0 Å². The maximum atomic E-state index is 11.5. The van der Waals surface area contributed by atoms with Crippen molar-refractivity contribution in [1.82, 2.24) is 15.1 Å². The Morgan fingerprint density at radius 2 is 1.63 bits per heavy atom. The molecule has 19 heavy (non-hydrogen) atoms. The SMILES string of the molecule is CCOC(=O)NC(=O)CN1CCN(CC(=O)O)CC1. The van der Waals surface area contributed by atoms with Gasteiger partial charge < -0.3 is 9.84 Å². The average Bonchev–Trinajstić information content (AvgIpc) is 2.31. The molecule has 0 radical (unpaired) electrons. The summed E-state index contributed by atoms with van der Waals surface area (Å²) in [4.78, 5) is 36.7. The number of hydrogen-bond acceptors (Lipinski definition) is 6. The number of alkyl carbamates (subject to hydrolysis) is 1. The molecule has 2 amide bonds. The van der Waals surface area contributed by atoms with Crippen LogP contribution >= 0.6 is 0 Å². The third-order valence-corrected chi connectivity index (χ3v) is 2.71. The first-order chi connectivity index (χ1) is 9.01. The molecule has 108 valence electrons. The van der Waals surface area contributed by atoms with Crippen LogP contribution in [0.3, 0.4) is 0 Å². The van der Waals surface area contributed by atoms with E-state index in [1.165, 1.54) is 0 Å². The van der Waals surface area contributed by atoms with Crippen LogP contribution in [0.2, 0.25) is 0 Å². The van der Waals surface area contributed by atoms with Gasteiger partial charge in [0.25, 0.3) is 0 Å². The second-order valence-corrected chi connectivity index (χ2v) is 4.21. The van der Waals surface area contributed by atoms with E-state index in [1.807, 2.05) is 9.80 Å². The van der Waals surface area contributed by atoms with Crippen LogP contribution in [0.1, 0.15) is 6.92 Å². The minimum absolute atomic E-state index is 0.0167. The lowest BCUT2D eigenvalue weighted by molar-refractivity contribution is -0.139. The van der Waals surface area contributed by atoms with E-state index in [2.05, 4.69) is 10.1 Å². The van der Waals surface area contributed by atoms with Crippen LogP contribution < -0.4 is 5.32 Å². The number of hydrogen-bond donors (Lipinski definition) is 2. The fourth-order valence-corrected chi connectivity index (χ4v) is 1.82. The third-order valence-electron chi connectivity index (χ3n) is 2.71. The molecular weight excluding hydrogens is 254 g/mol. The molecule has 0 aliphatic carbocycles. The zero-order valence-electron chi connectivity index (χ0n) is 10.9. The van der Waals surface area contributed by atoms with Gasteiger partial charge >= 0.3 is 12.1 Å². The molecule has 0 aromatic heterocycles. The highest BCUT2D eigenvalue weighted by Crippen LogP contribution is 2.00. The Labute approximate surface area is 111 Å². The van der Waals surface area contributed by atoms with Gasteiger partial charge in [0.05, 0.1) is 19.7 Å². The van der Waals surface area contributed by atoms with E-state index in [0.717, 1.165) is 0 Å².